The molecule has 0 radical (unpaired) electrons. The van der Waals surface area contributed by atoms with Gasteiger partial charge in [0.15, 0.2) is 0 Å². The third-order valence-electron chi connectivity index (χ3n) is 2.96. The molecule has 0 aliphatic carbocycles. The molecule has 0 aliphatic heterocycles. The fourth-order valence-electron chi connectivity index (χ4n) is 1.96. The highest BCUT2D eigenvalue weighted by molar-refractivity contribution is 9.11. The van der Waals surface area contributed by atoms with Gasteiger partial charge in [-0.25, -0.2) is 4.68 Å². The van der Waals surface area contributed by atoms with E-state index in [0.717, 1.165) is 14.6 Å². The number of hydrogen-bond acceptors (Lipinski definition) is 3. The van der Waals surface area contributed by atoms with Crippen LogP contribution in [-0.4, -0.2) is 20.8 Å². The third kappa shape index (κ3) is 2.82. The first-order valence-corrected chi connectivity index (χ1v) is 7.71. The second-order valence-corrected chi connectivity index (χ2v) is 6.09. The molecular formula is C15H9Br2N3O. The summed E-state index contributed by atoms with van der Waals surface area (Å²) in [5, 5.41) is 7.87. The van der Waals surface area contributed by atoms with Crippen molar-refractivity contribution in [3.8, 4) is 5.69 Å². The highest BCUT2D eigenvalue weighted by Crippen LogP contribution is 2.24. The van der Waals surface area contributed by atoms with Crippen LogP contribution in [0.1, 0.15) is 16.1 Å². The van der Waals surface area contributed by atoms with E-state index < -0.39 is 0 Å². The lowest BCUT2D eigenvalue weighted by molar-refractivity contribution is 0.103. The maximum atomic E-state index is 12.7. The highest BCUT2D eigenvalue weighted by atomic mass is 79.9. The van der Waals surface area contributed by atoms with Gasteiger partial charge in [-0.05, 0) is 30.3 Å². The van der Waals surface area contributed by atoms with E-state index >= 15 is 0 Å². The van der Waals surface area contributed by atoms with Crippen molar-refractivity contribution in [3.05, 3.63) is 74.9 Å². The summed E-state index contributed by atoms with van der Waals surface area (Å²) in [5.41, 5.74) is 1.77. The van der Waals surface area contributed by atoms with Gasteiger partial charge in [0, 0.05) is 14.5 Å². The minimum absolute atomic E-state index is 0.142. The predicted octanol–water partition coefficient (Wildman–Crippen LogP) is 4.02. The average Bonchev–Trinajstić information content (AvgIpc) is 2.99. The molecule has 4 nitrogen and oxygen atoms in total. The van der Waals surface area contributed by atoms with E-state index in [2.05, 4.69) is 42.2 Å². The summed E-state index contributed by atoms with van der Waals surface area (Å²) in [5.74, 6) is -0.142. The number of nitrogens with zero attached hydrogens (tertiary/aromatic N) is 3. The molecule has 0 aliphatic rings. The van der Waals surface area contributed by atoms with Gasteiger partial charge in [0.1, 0.15) is 5.69 Å². The molecule has 0 N–H and O–H groups in total. The number of ketones is 1. The van der Waals surface area contributed by atoms with Crippen LogP contribution in [0.5, 0.6) is 0 Å². The van der Waals surface area contributed by atoms with E-state index in [9.17, 15) is 4.79 Å². The minimum Gasteiger partial charge on any atom is -0.287 e. The van der Waals surface area contributed by atoms with Crippen LogP contribution in [0.2, 0.25) is 0 Å². The smallest absolute Gasteiger partial charge is 0.214 e. The molecule has 0 saturated heterocycles. The Hall–Kier alpha value is -1.79. The number of hydrogen-bond donors (Lipinski definition) is 0. The molecule has 1 aromatic heterocycles. The van der Waals surface area contributed by atoms with Crippen molar-refractivity contribution < 1.29 is 4.79 Å². The van der Waals surface area contributed by atoms with Crippen LogP contribution in [0, 0.1) is 0 Å². The monoisotopic (exact) mass is 405 g/mol. The van der Waals surface area contributed by atoms with Crippen LogP contribution < -0.4 is 0 Å². The van der Waals surface area contributed by atoms with Crippen LogP contribution >= 0.6 is 31.9 Å². The minimum atomic E-state index is -0.142. The fourth-order valence-corrected chi connectivity index (χ4v) is 2.75. The molecule has 0 saturated carbocycles. The molecule has 21 heavy (non-hydrogen) atoms. The van der Waals surface area contributed by atoms with Gasteiger partial charge in [0.2, 0.25) is 5.78 Å². The number of para-hydroxylation sites is 1. The van der Waals surface area contributed by atoms with E-state index in [0.29, 0.717) is 11.3 Å². The molecule has 1 heterocycles. The summed E-state index contributed by atoms with van der Waals surface area (Å²) in [6.45, 7) is 0. The zero-order chi connectivity index (χ0) is 14.8. The topological polar surface area (TPSA) is 47.8 Å². The molecule has 0 unspecified atom stereocenters. The molecule has 0 amide bonds. The van der Waals surface area contributed by atoms with Crippen LogP contribution in [0.15, 0.2) is 63.7 Å². The quantitative estimate of drug-likeness (QED) is 0.617. The SMILES string of the molecule is O=C(c1cc(Br)ccc1Br)c1cnnn1-c1ccccc1. The van der Waals surface area contributed by atoms with Gasteiger partial charge < -0.3 is 0 Å². The fraction of sp³-hybridized carbons (Fsp3) is 0. The highest BCUT2D eigenvalue weighted by Gasteiger charge is 2.19. The normalized spacial score (nSPS) is 10.6. The van der Waals surface area contributed by atoms with Gasteiger partial charge in [-0.3, -0.25) is 4.79 Å². The van der Waals surface area contributed by atoms with E-state index in [-0.39, 0.29) is 5.78 Å². The van der Waals surface area contributed by atoms with Crippen molar-refractivity contribution in [2.75, 3.05) is 0 Å². The Kier molecular flexibility index (Phi) is 3.98. The van der Waals surface area contributed by atoms with Crippen molar-refractivity contribution in [2.45, 2.75) is 0 Å². The second-order valence-electron chi connectivity index (χ2n) is 4.32. The van der Waals surface area contributed by atoms with Crippen LogP contribution in [0.25, 0.3) is 5.69 Å². The first-order valence-electron chi connectivity index (χ1n) is 6.12. The number of halogens is 2. The molecule has 3 rings (SSSR count). The Balaban J connectivity index is 2.08. The van der Waals surface area contributed by atoms with E-state index in [1.54, 1.807) is 6.07 Å². The van der Waals surface area contributed by atoms with E-state index in [1.165, 1.54) is 10.9 Å². The Labute approximate surface area is 138 Å². The second kappa shape index (κ2) is 5.91. The molecule has 6 heteroatoms. The van der Waals surface area contributed by atoms with Crippen LogP contribution in [0.4, 0.5) is 0 Å². The number of rotatable bonds is 3. The standard InChI is InChI=1S/C15H9Br2N3O/c16-10-6-7-13(17)12(8-10)15(21)14-9-18-19-20(14)11-4-2-1-3-5-11/h1-9H. The predicted molar refractivity (Wildman–Crippen MR) is 86.6 cm³/mol. The summed E-state index contributed by atoms with van der Waals surface area (Å²) < 4.78 is 3.11. The molecule has 3 aromatic rings. The van der Waals surface area contributed by atoms with E-state index in [4.69, 9.17) is 0 Å². The summed E-state index contributed by atoms with van der Waals surface area (Å²) >= 11 is 6.79. The summed E-state index contributed by atoms with van der Waals surface area (Å²) in [6.07, 6.45) is 1.47. The van der Waals surface area contributed by atoms with Crippen molar-refractivity contribution in [1.29, 1.82) is 0 Å². The van der Waals surface area contributed by atoms with Crippen molar-refractivity contribution in [2.24, 2.45) is 0 Å². The molecule has 0 bridgehead atoms. The number of aromatic nitrogens is 3. The Bertz CT molecular complexity index is 800. The number of benzene rings is 2. The third-order valence-corrected chi connectivity index (χ3v) is 4.14. The number of carbonyl (C=O) groups is 1. The van der Waals surface area contributed by atoms with Gasteiger partial charge in [-0.2, -0.15) is 0 Å². The van der Waals surface area contributed by atoms with Crippen molar-refractivity contribution in [3.63, 3.8) is 0 Å². The Morgan fingerprint density at radius 3 is 2.57 bits per heavy atom. The van der Waals surface area contributed by atoms with Crippen molar-refractivity contribution >= 4 is 37.6 Å². The van der Waals surface area contributed by atoms with Gasteiger partial charge in [0.25, 0.3) is 0 Å². The maximum Gasteiger partial charge on any atom is 0.214 e. The van der Waals surface area contributed by atoms with Gasteiger partial charge >= 0.3 is 0 Å². The molecule has 0 fully saturated rings. The lowest BCUT2D eigenvalue weighted by Gasteiger charge is -2.07. The average molecular weight is 407 g/mol. The largest absolute Gasteiger partial charge is 0.287 e. The molecule has 0 spiro atoms. The molecule has 2 aromatic carbocycles. The maximum absolute atomic E-state index is 12.7. The lowest BCUT2D eigenvalue weighted by atomic mass is 10.1. The molecule has 0 atom stereocenters. The zero-order valence-corrected chi connectivity index (χ0v) is 13.9. The summed E-state index contributed by atoms with van der Waals surface area (Å²) in [4.78, 5) is 12.7. The Morgan fingerprint density at radius 1 is 1.05 bits per heavy atom. The summed E-state index contributed by atoms with van der Waals surface area (Å²) in [7, 11) is 0. The summed E-state index contributed by atoms with van der Waals surface area (Å²) in [6, 6.07) is 14.9. The molecular weight excluding hydrogens is 398 g/mol. The zero-order valence-electron chi connectivity index (χ0n) is 10.7. The molecule has 104 valence electrons. The first-order chi connectivity index (χ1) is 10.2. The van der Waals surface area contributed by atoms with Gasteiger partial charge in [-0.15, -0.1) is 5.10 Å². The van der Waals surface area contributed by atoms with Crippen molar-refractivity contribution in [1.82, 2.24) is 15.0 Å². The van der Waals surface area contributed by atoms with Gasteiger partial charge in [-0.1, -0.05) is 55.3 Å². The van der Waals surface area contributed by atoms with E-state index in [1.807, 2.05) is 42.5 Å². The van der Waals surface area contributed by atoms with Crippen LogP contribution in [-0.2, 0) is 0 Å². The first kappa shape index (κ1) is 14.2. The lowest BCUT2D eigenvalue weighted by Crippen LogP contribution is -2.10. The van der Waals surface area contributed by atoms with Crippen LogP contribution in [0.3, 0.4) is 0 Å². The number of carbonyl (C=O) groups excluding carboxylic acids is 1. The Morgan fingerprint density at radius 2 is 1.81 bits per heavy atom. The van der Waals surface area contributed by atoms with Gasteiger partial charge in [0.05, 0.1) is 11.9 Å².